The molecule has 104 valence electrons. The molecule has 0 unspecified atom stereocenters. The second kappa shape index (κ2) is 13.1. The molecule has 0 aromatic rings. The predicted octanol–water partition coefficient (Wildman–Crippen LogP) is -0.659. The second-order valence-electron chi connectivity index (χ2n) is 2.88. The van der Waals surface area contributed by atoms with Gasteiger partial charge in [-0.3, -0.25) is 0 Å². The van der Waals surface area contributed by atoms with E-state index < -0.39 is 12.2 Å². The summed E-state index contributed by atoms with van der Waals surface area (Å²) < 4.78 is 0. The molecule has 0 rings (SSSR count). The van der Waals surface area contributed by atoms with Crippen LogP contribution in [0.25, 0.3) is 0 Å². The molecule has 0 aromatic heterocycles. The van der Waals surface area contributed by atoms with Crippen LogP contribution in [0.15, 0.2) is 0 Å². The van der Waals surface area contributed by atoms with Gasteiger partial charge in [0.05, 0.1) is 0 Å². The van der Waals surface area contributed by atoms with Gasteiger partial charge in [0.15, 0.2) is 0 Å². The van der Waals surface area contributed by atoms with Crippen LogP contribution in [0.1, 0.15) is 27.7 Å². The molecule has 0 heterocycles. The van der Waals surface area contributed by atoms with Crippen LogP contribution in [0.3, 0.4) is 0 Å². The number of amides is 2. The molecule has 0 fully saturated rings. The Kier molecular flexibility index (Phi) is 16.4. The number of rotatable bonds is 4. The molecule has 0 aromatic carbocycles. The van der Waals surface area contributed by atoms with Crippen molar-refractivity contribution in [2.75, 3.05) is 26.2 Å². The topological polar surface area (TPSA) is 86.7 Å². The maximum Gasteiger partial charge on any atom is 2.00 e. The summed E-state index contributed by atoms with van der Waals surface area (Å²) in [6.07, 6.45) is -2.18. The van der Waals surface area contributed by atoms with E-state index in [0.717, 1.165) is 0 Å². The zero-order valence-corrected chi connectivity index (χ0v) is 11.7. The van der Waals surface area contributed by atoms with Gasteiger partial charge in [0.2, 0.25) is 0 Å². The normalized spacial score (nSPS) is 8.24. The molecule has 0 atom stereocenters. The summed E-state index contributed by atoms with van der Waals surface area (Å²) in [5.41, 5.74) is 0. The Morgan fingerprint density at radius 3 is 0.941 bits per heavy atom. The van der Waals surface area contributed by atoms with E-state index >= 15 is 0 Å². The molecule has 0 radical (unpaired) electrons. The molecule has 0 aliphatic rings. The molecule has 0 N–H and O–H groups in total. The largest absolute Gasteiger partial charge is 2.00 e. The van der Waals surface area contributed by atoms with E-state index in [1.54, 1.807) is 27.7 Å². The molecule has 0 spiro atoms. The summed E-state index contributed by atoms with van der Waals surface area (Å²) in [6.45, 7) is 9.16. The zero-order chi connectivity index (χ0) is 13.1. The fourth-order valence-electron chi connectivity index (χ4n) is 0.964. The van der Waals surface area contributed by atoms with E-state index in [-0.39, 0.29) is 16.5 Å². The fraction of sp³-hybridized carbons (Fsp3) is 0.800. The number of hydrogen-bond donors (Lipinski definition) is 0. The summed E-state index contributed by atoms with van der Waals surface area (Å²) in [7, 11) is 0. The second-order valence-corrected chi connectivity index (χ2v) is 2.88. The molecule has 0 aliphatic heterocycles. The third kappa shape index (κ3) is 11.3. The van der Waals surface area contributed by atoms with Crippen LogP contribution in [0.4, 0.5) is 9.59 Å². The van der Waals surface area contributed by atoms with E-state index in [1.165, 1.54) is 9.80 Å². The van der Waals surface area contributed by atoms with Crippen molar-refractivity contribution in [2.24, 2.45) is 0 Å². The Morgan fingerprint density at radius 1 is 0.765 bits per heavy atom. The minimum absolute atomic E-state index is 0. The molecule has 0 saturated heterocycles. The maximum atomic E-state index is 9.98. The standard InChI is InChI=1S/2C5H11NO2.Ni/c2*1-3-6(4-2)5(7)8;/h2*3-4H2,1-2H3,(H,7,8);/q;;+2/p-2. The van der Waals surface area contributed by atoms with Gasteiger partial charge in [-0.05, 0) is 27.7 Å². The van der Waals surface area contributed by atoms with Crippen LogP contribution in [-0.2, 0) is 16.5 Å². The van der Waals surface area contributed by atoms with Gasteiger partial charge < -0.3 is 29.6 Å². The summed E-state index contributed by atoms with van der Waals surface area (Å²) >= 11 is 0. The number of carbonyl (C=O) groups excluding carboxylic acids is 2. The van der Waals surface area contributed by atoms with E-state index in [2.05, 4.69) is 0 Å². The molecule has 6 nitrogen and oxygen atoms in total. The average molecular weight is 291 g/mol. The van der Waals surface area contributed by atoms with Gasteiger partial charge in [-0.1, -0.05) is 0 Å². The first-order valence-electron chi connectivity index (χ1n) is 5.36. The first-order chi connectivity index (χ1) is 7.44. The van der Waals surface area contributed by atoms with Gasteiger partial charge in [0, 0.05) is 26.2 Å². The van der Waals surface area contributed by atoms with E-state index in [0.29, 0.717) is 26.2 Å². The third-order valence-electron chi connectivity index (χ3n) is 2.04. The van der Waals surface area contributed by atoms with Gasteiger partial charge in [-0.15, -0.1) is 0 Å². The van der Waals surface area contributed by atoms with Crippen molar-refractivity contribution >= 4 is 12.2 Å². The smallest absolute Gasteiger partial charge is 0.530 e. The molecular formula is C10H20N2NiO4. The van der Waals surface area contributed by atoms with Crippen molar-refractivity contribution < 1.29 is 36.3 Å². The monoisotopic (exact) mass is 290 g/mol. The average Bonchev–Trinajstić information content (AvgIpc) is 2.21. The predicted molar refractivity (Wildman–Crippen MR) is 56.6 cm³/mol. The number of hydrogen-bond acceptors (Lipinski definition) is 4. The summed E-state index contributed by atoms with van der Waals surface area (Å²) in [5.74, 6) is 0. The Labute approximate surface area is 113 Å². The zero-order valence-electron chi connectivity index (χ0n) is 10.7. The maximum absolute atomic E-state index is 9.98. The number of carboxylic acid groups (broad SMARTS) is 2. The van der Waals surface area contributed by atoms with Crippen molar-refractivity contribution in [1.82, 2.24) is 9.80 Å². The summed E-state index contributed by atoms with van der Waals surface area (Å²) in [5, 5.41) is 20.0. The first-order valence-corrected chi connectivity index (χ1v) is 5.36. The summed E-state index contributed by atoms with van der Waals surface area (Å²) in [4.78, 5) is 22.4. The van der Waals surface area contributed by atoms with Crippen LogP contribution in [0, 0.1) is 0 Å². The Balaban J connectivity index is -0.000000218. The van der Waals surface area contributed by atoms with Gasteiger partial charge in [-0.2, -0.15) is 0 Å². The van der Waals surface area contributed by atoms with Crippen LogP contribution >= 0.6 is 0 Å². The first kappa shape index (κ1) is 21.3. The number of carbonyl (C=O) groups is 2. The van der Waals surface area contributed by atoms with Crippen LogP contribution in [0.5, 0.6) is 0 Å². The van der Waals surface area contributed by atoms with Gasteiger partial charge in [0.25, 0.3) is 0 Å². The molecule has 17 heavy (non-hydrogen) atoms. The molecule has 0 aliphatic carbocycles. The van der Waals surface area contributed by atoms with E-state index in [9.17, 15) is 19.8 Å². The van der Waals surface area contributed by atoms with Crippen molar-refractivity contribution in [3.8, 4) is 0 Å². The van der Waals surface area contributed by atoms with Crippen LogP contribution in [0.2, 0.25) is 0 Å². The van der Waals surface area contributed by atoms with E-state index in [1.807, 2.05) is 0 Å². The molecule has 0 saturated carbocycles. The SMILES string of the molecule is CCN(CC)C(=O)[O-].CCN(CC)C(=O)[O-].[Ni+2]. The number of nitrogens with zero attached hydrogens (tertiary/aromatic N) is 2. The van der Waals surface area contributed by atoms with E-state index in [4.69, 9.17) is 0 Å². The fourth-order valence-corrected chi connectivity index (χ4v) is 0.964. The molecular weight excluding hydrogens is 271 g/mol. The van der Waals surface area contributed by atoms with Gasteiger partial charge in [-0.25, -0.2) is 0 Å². The van der Waals surface area contributed by atoms with Crippen LogP contribution < -0.4 is 10.2 Å². The van der Waals surface area contributed by atoms with Crippen LogP contribution in [-0.4, -0.2) is 48.2 Å². The Bertz CT molecular complexity index is 184. The quantitative estimate of drug-likeness (QED) is 0.643. The van der Waals surface area contributed by atoms with Crippen molar-refractivity contribution in [3.05, 3.63) is 0 Å². The molecule has 2 amide bonds. The van der Waals surface area contributed by atoms with Crippen molar-refractivity contribution in [2.45, 2.75) is 27.7 Å². The van der Waals surface area contributed by atoms with Gasteiger partial charge in [0.1, 0.15) is 12.2 Å². The van der Waals surface area contributed by atoms with Gasteiger partial charge >= 0.3 is 16.5 Å². The minimum Gasteiger partial charge on any atom is -0.530 e. The Morgan fingerprint density at radius 2 is 0.941 bits per heavy atom. The van der Waals surface area contributed by atoms with Crippen molar-refractivity contribution in [3.63, 3.8) is 0 Å². The molecule has 0 bridgehead atoms. The third-order valence-corrected chi connectivity index (χ3v) is 2.04. The summed E-state index contributed by atoms with van der Waals surface area (Å²) in [6, 6.07) is 0. The minimum atomic E-state index is -1.09. The molecule has 7 heteroatoms. The Hall–Kier alpha value is -0.966. The van der Waals surface area contributed by atoms with Crippen molar-refractivity contribution in [1.29, 1.82) is 0 Å².